The molecule has 1 saturated carbocycles. The number of hydrogen-bond donors (Lipinski definition) is 2. The Morgan fingerprint density at radius 1 is 1.47 bits per heavy atom. The summed E-state index contributed by atoms with van der Waals surface area (Å²) in [5.74, 6) is 1.01. The molecule has 3 N–H and O–H groups in total. The quantitative estimate of drug-likeness (QED) is 0.797. The van der Waals surface area contributed by atoms with Crippen molar-refractivity contribution in [2.75, 3.05) is 7.11 Å². The first kappa shape index (κ1) is 10.3. The van der Waals surface area contributed by atoms with Gasteiger partial charge in [-0.3, -0.25) is 0 Å². The van der Waals surface area contributed by atoms with Gasteiger partial charge in [0.2, 0.25) is 0 Å². The van der Waals surface area contributed by atoms with Gasteiger partial charge in [-0.15, -0.1) is 0 Å². The third-order valence-electron chi connectivity index (χ3n) is 3.39. The highest BCUT2D eigenvalue weighted by molar-refractivity contribution is 5.44. The number of phenols is 1. The van der Waals surface area contributed by atoms with Crippen LogP contribution < -0.4 is 10.5 Å². The lowest BCUT2D eigenvalue weighted by Gasteiger charge is -2.19. The summed E-state index contributed by atoms with van der Waals surface area (Å²) in [7, 11) is 1.55. The standard InChI is InChI=1S/C12H17NO2/c1-8(12(13)5-6-12)9-3-4-10(14)11(7-9)15-2/h3-4,7-8,14H,5-6,13H2,1-2H3. The van der Waals surface area contributed by atoms with Gasteiger partial charge in [0.1, 0.15) is 0 Å². The van der Waals surface area contributed by atoms with Gasteiger partial charge < -0.3 is 15.6 Å². The molecule has 0 aromatic heterocycles. The van der Waals surface area contributed by atoms with Gasteiger partial charge in [0.15, 0.2) is 11.5 Å². The lowest BCUT2D eigenvalue weighted by Crippen LogP contribution is -2.28. The van der Waals surface area contributed by atoms with E-state index >= 15 is 0 Å². The fourth-order valence-electron chi connectivity index (χ4n) is 1.87. The summed E-state index contributed by atoms with van der Waals surface area (Å²) < 4.78 is 5.08. The van der Waals surface area contributed by atoms with E-state index in [9.17, 15) is 5.11 Å². The number of methoxy groups -OCH3 is 1. The van der Waals surface area contributed by atoms with Crippen molar-refractivity contribution >= 4 is 0 Å². The van der Waals surface area contributed by atoms with Crippen LogP contribution in [0.1, 0.15) is 31.2 Å². The molecule has 3 heteroatoms. The van der Waals surface area contributed by atoms with Crippen molar-refractivity contribution in [2.24, 2.45) is 5.73 Å². The van der Waals surface area contributed by atoms with E-state index in [4.69, 9.17) is 10.5 Å². The van der Waals surface area contributed by atoms with Crippen LogP contribution in [0.5, 0.6) is 11.5 Å². The molecule has 1 aliphatic rings. The fourth-order valence-corrected chi connectivity index (χ4v) is 1.87. The molecule has 3 nitrogen and oxygen atoms in total. The molecule has 82 valence electrons. The number of rotatable bonds is 3. The van der Waals surface area contributed by atoms with Crippen LogP contribution in [-0.2, 0) is 0 Å². The van der Waals surface area contributed by atoms with Crippen LogP contribution in [0.2, 0.25) is 0 Å². The van der Waals surface area contributed by atoms with Crippen LogP contribution in [0, 0.1) is 0 Å². The summed E-state index contributed by atoms with van der Waals surface area (Å²) in [5.41, 5.74) is 7.24. The van der Waals surface area contributed by atoms with Gasteiger partial charge in [0.05, 0.1) is 7.11 Å². The molecule has 0 spiro atoms. The first-order chi connectivity index (χ1) is 7.07. The zero-order valence-electron chi connectivity index (χ0n) is 9.16. The van der Waals surface area contributed by atoms with E-state index < -0.39 is 0 Å². The monoisotopic (exact) mass is 207 g/mol. The van der Waals surface area contributed by atoms with Crippen LogP contribution in [0.3, 0.4) is 0 Å². The van der Waals surface area contributed by atoms with Crippen LogP contribution in [-0.4, -0.2) is 17.8 Å². The van der Waals surface area contributed by atoms with E-state index in [2.05, 4.69) is 6.92 Å². The molecule has 0 radical (unpaired) electrons. The van der Waals surface area contributed by atoms with Crippen molar-refractivity contribution in [3.8, 4) is 11.5 Å². The summed E-state index contributed by atoms with van der Waals surface area (Å²) in [4.78, 5) is 0. The smallest absolute Gasteiger partial charge is 0.160 e. The Hall–Kier alpha value is -1.22. The number of phenolic OH excluding ortho intramolecular Hbond substituents is 1. The van der Waals surface area contributed by atoms with Gasteiger partial charge in [-0.2, -0.15) is 0 Å². The van der Waals surface area contributed by atoms with Crippen molar-refractivity contribution in [2.45, 2.75) is 31.2 Å². The molecule has 1 fully saturated rings. The highest BCUT2D eigenvalue weighted by Crippen LogP contribution is 2.45. The van der Waals surface area contributed by atoms with Gasteiger partial charge in [0, 0.05) is 5.54 Å². The maximum atomic E-state index is 9.48. The maximum absolute atomic E-state index is 9.48. The van der Waals surface area contributed by atoms with Gasteiger partial charge in [0.25, 0.3) is 0 Å². The molecule has 0 saturated heterocycles. The van der Waals surface area contributed by atoms with E-state index in [0.717, 1.165) is 18.4 Å². The maximum Gasteiger partial charge on any atom is 0.160 e. The molecule has 1 aliphatic carbocycles. The molecule has 1 aromatic carbocycles. The molecule has 1 unspecified atom stereocenters. The zero-order chi connectivity index (χ0) is 11.1. The van der Waals surface area contributed by atoms with E-state index in [1.54, 1.807) is 13.2 Å². The third kappa shape index (κ3) is 1.79. The van der Waals surface area contributed by atoms with Crippen LogP contribution in [0.4, 0.5) is 0 Å². The summed E-state index contributed by atoms with van der Waals surface area (Å²) >= 11 is 0. The molecule has 1 aromatic rings. The highest BCUT2D eigenvalue weighted by atomic mass is 16.5. The molecule has 2 rings (SSSR count). The number of ether oxygens (including phenoxy) is 1. The molecule has 1 atom stereocenters. The van der Waals surface area contributed by atoms with Crippen molar-refractivity contribution in [3.05, 3.63) is 23.8 Å². The minimum atomic E-state index is -0.0397. The van der Waals surface area contributed by atoms with Crippen LogP contribution >= 0.6 is 0 Å². The average Bonchev–Trinajstić information content (AvgIpc) is 2.97. The second kappa shape index (κ2) is 3.42. The Bertz CT molecular complexity index is 372. The summed E-state index contributed by atoms with van der Waals surface area (Å²) in [6, 6.07) is 5.44. The molecule has 0 bridgehead atoms. The Balaban J connectivity index is 2.28. The second-order valence-electron chi connectivity index (χ2n) is 4.39. The summed E-state index contributed by atoms with van der Waals surface area (Å²) in [6.45, 7) is 2.12. The molecular weight excluding hydrogens is 190 g/mol. The lowest BCUT2D eigenvalue weighted by atomic mass is 9.91. The highest BCUT2D eigenvalue weighted by Gasteiger charge is 2.43. The average molecular weight is 207 g/mol. The molecule has 0 aliphatic heterocycles. The minimum Gasteiger partial charge on any atom is -0.504 e. The largest absolute Gasteiger partial charge is 0.504 e. The predicted octanol–water partition coefficient (Wildman–Crippen LogP) is 2.00. The van der Waals surface area contributed by atoms with Gasteiger partial charge in [-0.05, 0) is 36.5 Å². The SMILES string of the molecule is COc1cc(C(C)C2(N)CC2)ccc1O. The van der Waals surface area contributed by atoms with Gasteiger partial charge in [-0.25, -0.2) is 0 Å². The van der Waals surface area contributed by atoms with E-state index in [-0.39, 0.29) is 11.3 Å². The van der Waals surface area contributed by atoms with Crippen molar-refractivity contribution in [3.63, 3.8) is 0 Å². The normalized spacial score (nSPS) is 19.7. The Labute approximate surface area is 89.9 Å². The zero-order valence-corrected chi connectivity index (χ0v) is 9.16. The fraction of sp³-hybridized carbons (Fsp3) is 0.500. The molecule has 0 heterocycles. The third-order valence-corrected chi connectivity index (χ3v) is 3.39. The first-order valence-corrected chi connectivity index (χ1v) is 5.22. The Morgan fingerprint density at radius 2 is 2.13 bits per heavy atom. The number of benzene rings is 1. The van der Waals surface area contributed by atoms with Crippen LogP contribution in [0.25, 0.3) is 0 Å². The number of nitrogens with two attached hydrogens (primary N) is 1. The molecular formula is C12H17NO2. The van der Waals surface area contributed by atoms with Crippen molar-refractivity contribution in [1.82, 2.24) is 0 Å². The second-order valence-corrected chi connectivity index (χ2v) is 4.39. The van der Waals surface area contributed by atoms with Crippen molar-refractivity contribution in [1.29, 1.82) is 0 Å². The Morgan fingerprint density at radius 3 is 2.67 bits per heavy atom. The Kier molecular flexibility index (Phi) is 2.35. The number of aromatic hydroxyl groups is 1. The summed E-state index contributed by atoms with van der Waals surface area (Å²) in [6.07, 6.45) is 2.16. The lowest BCUT2D eigenvalue weighted by molar-refractivity contribution is 0.372. The summed E-state index contributed by atoms with van der Waals surface area (Å²) in [5, 5.41) is 9.48. The van der Waals surface area contributed by atoms with E-state index in [1.807, 2.05) is 12.1 Å². The number of hydrogen-bond acceptors (Lipinski definition) is 3. The predicted molar refractivity (Wildman–Crippen MR) is 59.2 cm³/mol. The van der Waals surface area contributed by atoms with Gasteiger partial charge >= 0.3 is 0 Å². The van der Waals surface area contributed by atoms with Crippen LogP contribution in [0.15, 0.2) is 18.2 Å². The first-order valence-electron chi connectivity index (χ1n) is 5.22. The van der Waals surface area contributed by atoms with E-state index in [1.165, 1.54) is 0 Å². The molecule has 15 heavy (non-hydrogen) atoms. The van der Waals surface area contributed by atoms with E-state index in [0.29, 0.717) is 11.7 Å². The van der Waals surface area contributed by atoms with Gasteiger partial charge in [-0.1, -0.05) is 13.0 Å². The minimum absolute atomic E-state index is 0.0397. The topological polar surface area (TPSA) is 55.5 Å². The molecule has 0 amide bonds. The van der Waals surface area contributed by atoms with Crippen molar-refractivity contribution < 1.29 is 9.84 Å².